The molecule has 1 amide bonds. The maximum absolute atomic E-state index is 13.2. The van der Waals surface area contributed by atoms with Crippen LogP contribution in [0.25, 0.3) is 0 Å². The van der Waals surface area contributed by atoms with Gasteiger partial charge in [0.25, 0.3) is 15.9 Å². The van der Waals surface area contributed by atoms with Crippen LogP contribution in [-0.4, -0.2) is 32.4 Å². The molecular weight excluding hydrogens is 547 g/mol. The van der Waals surface area contributed by atoms with Crippen LogP contribution in [-0.2, 0) is 16.2 Å². The van der Waals surface area contributed by atoms with Crippen molar-refractivity contribution in [3.63, 3.8) is 0 Å². The number of halogens is 9. The fraction of sp³-hybridized carbons (Fsp3) is 0.381. The quantitative estimate of drug-likeness (QED) is 0.448. The van der Waals surface area contributed by atoms with Gasteiger partial charge in [-0.1, -0.05) is 0 Å². The minimum Gasteiger partial charge on any atom is -0.406 e. The highest BCUT2D eigenvalue weighted by Gasteiger charge is 2.79. The number of alkyl halides is 9. The highest BCUT2D eigenvalue weighted by molar-refractivity contribution is 7.92. The summed E-state index contributed by atoms with van der Waals surface area (Å²) in [4.78, 5) is 12.1. The maximum atomic E-state index is 13.2. The Hall–Kier alpha value is -3.17. The second kappa shape index (κ2) is 8.16. The van der Waals surface area contributed by atoms with Gasteiger partial charge in [-0.25, -0.2) is 8.42 Å². The van der Waals surface area contributed by atoms with E-state index in [4.69, 9.17) is 0 Å². The number of carbonyl (C=O) groups excluding carboxylic acids is 1. The van der Waals surface area contributed by atoms with Crippen LogP contribution >= 0.6 is 0 Å². The Labute approximate surface area is 202 Å². The molecule has 3 saturated carbocycles. The van der Waals surface area contributed by atoms with Crippen LogP contribution in [0.5, 0.6) is 5.75 Å². The van der Waals surface area contributed by atoms with Crippen LogP contribution in [0.3, 0.4) is 0 Å². The molecule has 5 rings (SSSR count). The number of sulfonamides is 1. The van der Waals surface area contributed by atoms with E-state index in [9.17, 15) is 52.7 Å². The third-order valence-corrected chi connectivity index (χ3v) is 7.60. The largest absolute Gasteiger partial charge is 0.573 e. The van der Waals surface area contributed by atoms with E-state index in [1.165, 1.54) is 0 Å². The molecule has 0 radical (unpaired) electrons. The summed E-state index contributed by atoms with van der Waals surface area (Å²) in [6, 6.07) is 4.18. The summed E-state index contributed by atoms with van der Waals surface area (Å²) in [6.45, 7) is 0. The van der Waals surface area contributed by atoms with E-state index < -0.39 is 92.3 Å². The summed E-state index contributed by atoms with van der Waals surface area (Å²) < 4.78 is 147. The van der Waals surface area contributed by atoms with E-state index in [0.29, 0.717) is 42.5 Å². The summed E-state index contributed by atoms with van der Waals surface area (Å²) in [7, 11) is -4.73. The first-order valence-electron chi connectivity index (χ1n) is 10.2. The molecule has 3 fully saturated rings. The molecule has 3 aliphatic carbocycles. The Morgan fingerprint density at radius 2 is 1.43 bits per heavy atom. The van der Waals surface area contributed by atoms with Gasteiger partial charge in [0.1, 0.15) is 5.75 Å². The zero-order chi connectivity index (χ0) is 27.7. The number of carbonyl (C=O) groups is 1. The van der Waals surface area contributed by atoms with Gasteiger partial charge < -0.3 is 10.1 Å². The minimum atomic E-state index is -5.06. The number of rotatable bonds is 6. The van der Waals surface area contributed by atoms with Gasteiger partial charge in [-0.3, -0.25) is 9.52 Å². The van der Waals surface area contributed by atoms with Crippen LogP contribution < -0.4 is 14.8 Å². The molecular formula is C21H15F9N2O4S. The average molecular weight is 562 g/mol. The second-order valence-electron chi connectivity index (χ2n) is 8.93. The number of benzene rings is 2. The lowest BCUT2D eigenvalue weighted by Crippen LogP contribution is -2.78. The van der Waals surface area contributed by atoms with E-state index >= 15 is 0 Å². The van der Waals surface area contributed by atoms with E-state index in [1.807, 2.05) is 0 Å². The molecule has 0 saturated heterocycles. The molecule has 202 valence electrons. The molecule has 0 spiro atoms. The Morgan fingerprint density at radius 3 is 1.92 bits per heavy atom. The Kier molecular flexibility index (Phi) is 5.93. The predicted molar refractivity (Wildman–Crippen MR) is 108 cm³/mol. The molecule has 0 unspecified atom stereocenters. The van der Waals surface area contributed by atoms with Crippen molar-refractivity contribution >= 4 is 21.6 Å². The minimum absolute atomic E-state index is 0.326. The van der Waals surface area contributed by atoms with Crippen LogP contribution in [0.4, 0.5) is 45.2 Å². The highest BCUT2D eigenvalue weighted by Crippen LogP contribution is 2.73. The van der Waals surface area contributed by atoms with Crippen molar-refractivity contribution in [2.24, 2.45) is 5.41 Å². The zero-order valence-corrected chi connectivity index (χ0v) is 18.9. The maximum Gasteiger partial charge on any atom is 0.573 e. The Morgan fingerprint density at radius 1 is 0.865 bits per heavy atom. The summed E-state index contributed by atoms with van der Waals surface area (Å²) in [5.41, 5.74) is -5.90. The van der Waals surface area contributed by atoms with Gasteiger partial charge in [-0.2, -0.15) is 26.3 Å². The molecule has 0 aliphatic heterocycles. The number of nitrogens with one attached hydrogen (secondary N) is 2. The SMILES string of the molecule is O=C(NC12CC(C(F)(F)F)(C1)C2)c1ccc(C(F)(F)F)cc1NS(=O)(=O)c1ccc(OC(F)(F)F)cc1. The number of ether oxygens (including phenoxy) is 1. The molecule has 16 heteroatoms. The molecule has 2 aromatic rings. The lowest BCUT2D eigenvalue weighted by atomic mass is 9.39. The van der Waals surface area contributed by atoms with Gasteiger partial charge in [0, 0.05) is 5.54 Å². The first-order valence-corrected chi connectivity index (χ1v) is 11.7. The second-order valence-corrected chi connectivity index (χ2v) is 10.6. The first-order chi connectivity index (χ1) is 16.7. The topological polar surface area (TPSA) is 84.5 Å². The summed E-state index contributed by atoms with van der Waals surface area (Å²) >= 11 is 0. The third-order valence-electron chi connectivity index (χ3n) is 6.21. The van der Waals surface area contributed by atoms with Crippen LogP contribution in [0.1, 0.15) is 35.2 Å². The van der Waals surface area contributed by atoms with Crippen molar-refractivity contribution in [1.29, 1.82) is 0 Å². The van der Waals surface area contributed by atoms with E-state index in [1.54, 1.807) is 4.72 Å². The van der Waals surface area contributed by atoms with Crippen LogP contribution in [0.2, 0.25) is 0 Å². The fourth-order valence-corrected chi connectivity index (χ4v) is 5.63. The number of hydrogen-bond acceptors (Lipinski definition) is 4. The standard InChI is InChI=1S/C21H15F9N2O4S/c22-19(23,24)11-1-6-14(16(33)31-18-8-17(9-18,10-18)20(25,26)27)15(7-11)32-37(34,35)13-4-2-12(3-5-13)36-21(28,29)30/h1-7,32H,8-10H2,(H,31,33). The Bertz CT molecular complexity index is 1310. The number of hydrogen-bond donors (Lipinski definition) is 2. The predicted octanol–water partition coefficient (Wildman–Crippen LogP) is 5.62. The van der Waals surface area contributed by atoms with E-state index in [0.717, 1.165) is 0 Å². The van der Waals surface area contributed by atoms with Gasteiger partial charge in [0.15, 0.2) is 0 Å². The van der Waals surface area contributed by atoms with Gasteiger partial charge in [-0.05, 0) is 61.7 Å². The van der Waals surface area contributed by atoms with Crippen molar-refractivity contribution in [3.05, 3.63) is 53.6 Å². The smallest absolute Gasteiger partial charge is 0.406 e. The molecule has 0 atom stereocenters. The van der Waals surface area contributed by atoms with Crippen LogP contribution in [0, 0.1) is 5.41 Å². The molecule has 3 aliphatic rings. The van der Waals surface area contributed by atoms with Gasteiger partial charge in [0.05, 0.1) is 27.1 Å². The van der Waals surface area contributed by atoms with Gasteiger partial charge >= 0.3 is 18.7 Å². The molecule has 37 heavy (non-hydrogen) atoms. The lowest BCUT2D eigenvalue weighted by molar-refractivity contribution is -0.336. The normalized spacial score (nSPS) is 23.5. The summed E-state index contributed by atoms with van der Waals surface area (Å²) in [5, 5.41) is 2.35. The van der Waals surface area contributed by atoms with Gasteiger partial charge in [0.2, 0.25) is 0 Å². The van der Waals surface area contributed by atoms with Crippen molar-refractivity contribution in [1.82, 2.24) is 5.32 Å². The molecule has 0 heterocycles. The highest BCUT2D eigenvalue weighted by atomic mass is 32.2. The van der Waals surface area contributed by atoms with Crippen molar-refractivity contribution < 1.29 is 57.5 Å². The van der Waals surface area contributed by atoms with Gasteiger partial charge in [-0.15, -0.1) is 13.2 Å². The zero-order valence-electron chi connectivity index (χ0n) is 18.1. The molecule has 2 aromatic carbocycles. The van der Waals surface area contributed by atoms with Crippen molar-refractivity contribution in [3.8, 4) is 5.75 Å². The summed E-state index contributed by atoms with van der Waals surface area (Å²) in [5.74, 6) is -1.86. The lowest BCUT2D eigenvalue weighted by Gasteiger charge is -2.70. The Balaban J connectivity index is 1.59. The van der Waals surface area contributed by atoms with E-state index in [2.05, 4.69) is 10.1 Å². The molecule has 2 N–H and O–H groups in total. The summed E-state index contributed by atoms with van der Waals surface area (Å²) in [6.07, 6.45) is -15.7. The third kappa shape index (κ3) is 5.15. The van der Waals surface area contributed by atoms with E-state index in [-0.39, 0.29) is 0 Å². The fourth-order valence-electron chi connectivity index (χ4n) is 4.56. The van der Waals surface area contributed by atoms with Crippen molar-refractivity contribution in [2.45, 2.75) is 48.4 Å². The molecule has 2 bridgehead atoms. The molecule has 0 aromatic heterocycles. The molecule has 6 nitrogen and oxygen atoms in total. The van der Waals surface area contributed by atoms with Crippen molar-refractivity contribution in [2.75, 3.05) is 4.72 Å². The number of amides is 1. The first kappa shape index (κ1) is 26.9. The van der Waals surface area contributed by atoms with Crippen LogP contribution in [0.15, 0.2) is 47.4 Å². The monoisotopic (exact) mass is 562 g/mol. The average Bonchev–Trinajstić information content (AvgIpc) is 2.66. The number of anilines is 1.